The topological polar surface area (TPSA) is 30.5 Å². The summed E-state index contributed by atoms with van der Waals surface area (Å²) in [6.07, 6.45) is -4.27. The predicted molar refractivity (Wildman–Crippen MR) is 63.0 cm³/mol. The van der Waals surface area contributed by atoms with Crippen molar-refractivity contribution in [2.75, 3.05) is 31.7 Å². The Balaban J connectivity index is 2.31. The van der Waals surface area contributed by atoms with Crippen LogP contribution in [0.4, 0.5) is 18.9 Å². The third-order valence-electron chi connectivity index (χ3n) is 2.01. The molecule has 3 nitrogen and oxygen atoms in total. The number of hydrogen-bond donors (Lipinski definition) is 1. The quantitative estimate of drug-likeness (QED) is 0.767. The molecule has 1 aromatic carbocycles. The van der Waals surface area contributed by atoms with E-state index in [0.717, 1.165) is 5.69 Å². The van der Waals surface area contributed by atoms with E-state index in [1.165, 1.54) is 0 Å². The molecular weight excluding hydrogens is 247 g/mol. The first-order chi connectivity index (χ1) is 8.53. The number of anilines is 1. The highest BCUT2D eigenvalue weighted by atomic mass is 19.4. The van der Waals surface area contributed by atoms with Gasteiger partial charge in [0.1, 0.15) is 12.4 Å². The van der Waals surface area contributed by atoms with Crippen LogP contribution in [0.25, 0.3) is 0 Å². The van der Waals surface area contributed by atoms with Gasteiger partial charge in [-0.05, 0) is 19.1 Å². The van der Waals surface area contributed by atoms with E-state index in [-0.39, 0.29) is 6.61 Å². The van der Waals surface area contributed by atoms with E-state index in [0.29, 0.717) is 18.9 Å². The summed E-state index contributed by atoms with van der Waals surface area (Å²) in [7, 11) is 0. The first kappa shape index (κ1) is 14.6. The summed E-state index contributed by atoms with van der Waals surface area (Å²) in [4.78, 5) is 0. The van der Waals surface area contributed by atoms with E-state index < -0.39 is 12.8 Å². The SMILES string of the molecule is CCOc1ccccc1NCCOCC(F)(F)F. The van der Waals surface area contributed by atoms with Gasteiger partial charge < -0.3 is 14.8 Å². The second-order valence-corrected chi connectivity index (χ2v) is 3.52. The van der Waals surface area contributed by atoms with Crippen LogP contribution >= 0.6 is 0 Å². The van der Waals surface area contributed by atoms with Gasteiger partial charge in [0.15, 0.2) is 0 Å². The van der Waals surface area contributed by atoms with Crippen LogP contribution in [0.5, 0.6) is 5.75 Å². The molecule has 0 aromatic heterocycles. The second-order valence-electron chi connectivity index (χ2n) is 3.52. The Morgan fingerprint density at radius 2 is 1.94 bits per heavy atom. The Labute approximate surface area is 104 Å². The second kappa shape index (κ2) is 7.10. The first-order valence-corrected chi connectivity index (χ1v) is 5.63. The van der Waals surface area contributed by atoms with Gasteiger partial charge in [-0.25, -0.2) is 0 Å². The number of alkyl halides is 3. The van der Waals surface area contributed by atoms with Crippen LogP contribution in [0.15, 0.2) is 24.3 Å². The molecule has 18 heavy (non-hydrogen) atoms. The van der Waals surface area contributed by atoms with Crippen LogP contribution in [0.3, 0.4) is 0 Å². The van der Waals surface area contributed by atoms with E-state index >= 15 is 0 Å². The largest absolute Gasteiger partial charge is 0.492 e. The van der Waals surface area contributed by atoms with Crippen LogP contribution in [0.1, 0.15) is 6.92 Å². The molecule has 0 heterocycles. The number of ether oxygens (including phenoxy) is 2. The monoisotopic (exact) mass is 263 g/mol. The van der Waals surface area contributed by atoms with E-state index in [1.807, 2.05) is 19.1 Å². The van der Waals surface area contributed by atoms with Gasteiger partial charge in [0.25, 0.3) is 0 Å². The molecule has 0 radical (unpaired) electrons. The van der Waals surface area contributed by atoms with Gasteiger partial charge >= 0.3 is 6.18 Å². The molecule has 1 N–H and O–H groups in total. The summed E-state index contributed by atoms with van der Waals surface area (Å²) < 4.78 is 45.3. The van der Waals surface area contributed by atoms with Crippen molar-refractivity contribution in [1.29, 1.82) is 0 Å². The fourth-order valence-corrected chi connectivity index (χ4v) is 1.34. The van der Waals surface area contributed by atoms with Gasteiger partial charge in [0.05, 0.1) is 18.9 Å². The maximum absolute atomic E-state index is 11.8. The zero-order chi connectivity index (χ0) is 13.4. The predicted octanol–water partition coefficient (Wildman–Crippen LogP) is 3.08. The molecule has 6 heteroatoms. The van der Waals surface area contributed by atoms with Crippen molar-refractivity contribution in [2.24, 2.45) is 0 Å². The Kier molecular flexibility index (Phi) is 5.77. The van der Waals surface area contributed by atoms with Gasteiger partial charge in [-0.3, -0.25) is 0 Å². The van der Waals surface area contributed by atoms with Crippen LogP contribution in [0.2, 0.25) is 0 Å². The summed E-state index contributed by atoms with van der Waals surface area (Å²) in [6, 6.07) is 7.24. The van der Waals surface area contributed by atoms with Crippen LogP contribution < -0.4 is 10.1 Å². The van der Waals surface area contributed by atoms with Crippen molar-refractivity contribution < 1.29 is 22.6 Å². The van der Waals surface area contributed by atoms with Gasteiger partial charge in [0.2, 0.25) is 0 Å². The molecule has 0 spiro atoms. The summed E-state index contributed by atoms with van der Waals surface area (Å²) in [5, 5.41) is 2.97. The maximum atomic E-state index is 11.8. The Morgan fingerprint density at radius 3 is 2.61 bits per heavy atom. The molecule has 0 aliphatic rings. The van der Waals surface area contributed by atoms with Crippen LogP contribution in [-0.2, 0) is 4.74 Å². The van der Waals surface area contributed by atoms with Crippen molar-refractivity contribution in [2.45, 2.75) is 13.1 Å². The molecule has 0 bridgehead atoms. The van der Waals surface area contributed by atoms with Crippen molar-refractivity contribution in [1.82, 2.24) is 0 Å². The average molecular weight is 263 g/mol. The van der Waals surface area contributed by atoms with Crippen molar-refractivity contribution >= 4 is 5.69 Å². The molecular formula is C12H16F3NO2. The third kappa shape index (κ3) is 5.77. The lowest BCUT2D eigenvalue weighted by Crippen LogP contribution is -2.20. The molecule has 0 fully saturated rings. The normalized spacial score (nSPS) is 11.3. The number of rotatable bonds is 7. The van der Waals surface area contributed by atoms with Gasteiger partial charge in [-0.15, -0.1) is 0 Å². The zero-order valence-corrected chi connectivity index (χ0v) is 10.1. The molecule has 0 aliphatic carbocycles. The standard InChI is InChI=1S/C12H16F3NO2/c1-2-18-11-6-4-3-5-10(11)16-7-8-17-9-12(13,14)15/h3-6,16H,2,7-9H2,1H3. The van der Waals surface area contributed by atoms with Crippen LogP contribution in [-0.4, -0.2) is 32.5 Å². The van der Waals surface area contributed by atoms with E-state index in [9.17, 15) is 13.2 Å². The molecule has 0 saturated heterocycles. The zero-order valence-electron chi connectivity index (χ0n) is 10.1. The summed E-state index contributed by atoms with van der Waals surface area (Å²) in [5.41, 5.74) is 0.745. The Bertz CT molecular complexity index is 355. The average Bonchev–Trinajstić information content (AvgIpc) is 2.29. The Hall–Kier alpha value is -1.43. The minimum atomic E-state index is -4.27. The molecule has 0 saturated carbocycles. The molecule has 0 aliphatic heterocycles. The van der Waals surface area contributed by atoms with E-state index in [4.69, 9.17) is 4.74 Å². The minimum absolute atomic E-state index is 0.0139. The van der Waals surface area contributed by atoms with Gasteiger partial charge in [-0.1, -0.05) is 12.1 Å². The number of hydrogen-bond acceptors (Lipinski definition) is 3. The van der Waals surface area contributed by atoms with Gasteiger partial charge in [-0.2, -0.15) is 13.2 Å². The fourth-order valence-electron chi connectivity index (χ4n) is 1.34. The van der Waals surface area contributed by atoms with Crippen LogP contribution in [0, 0.1) is 0 Å². The number of halogens is 3. The third-order valence-corrected chi connectivity index (χ3v) is 2.01. The van der Waals surface area contributed by atoms with Crippen molar-refractivity contribution in [3.8, 4) is 5.75 Å². The molecule has 0 atom stereocenters. The minimum Gasteiger partial charge on any atom is -0.492 e. The number of benzene rings is 1. The molecule has 102 valence electrons. The highest BCUT2D eigenvalue weighted by Crippen LogP contribution is 2.23. The van der Waals surface area contributed by atoms with Crippen molar-refractivity contribution in [3.05, 3.63) is 24.3 Å². The van der Waals surface area contributed by atoms with E-state index in [2.05, 4.69) is 10.1 Å². The lowest BCUT2D eigenvalue weighted by atomic mass is 10.3. The van der Waals surface area contributed by atoms with Crippen molar-refractivity contribution in [3.63, 3.8) is 0 Å². The number of para-hydroxylation sites is 2. The molecule has 0 amide bonds. The summed E-state index contributed by atoms with van der Waals surface area (Å²) in [5.74, 6) is 0.677. The lowest BCUT2D eigenvalue weighted by molar-refractivity contribution is -0.172. The molecule has 0 unspecified atom stereocenters. The highest BCUT2D eigenvalue weighted by molar-refractivity contribution is 5.56. The Morgan fingerprint density at radius 1 is 1.22 bits per heavy atom. The lowest BCUT2D eigenvalue weighted by Gasteiger charge is -2.12. The van der Waals surface area contributed by atoms with Gasteiger partial charge in [0, 0.05) is 6.54 Å². The first-order valence-electron chi connectivity index (χ1n) is 5.63. The molecule has 1 aromatic rings. The maximum Gasteiger partial charge on any atom is 0.411 e. The summed E-state index contributed by atoms with van der Waals surface area (Å²) in [6.45, 7) is 1.45. The smallest absolute Gasteiger partial charge is 0.411 e. The van der Waals surface area contributed by atoms with E-state index in [1.54, 1.807) is 12.1 Å². The summed E-state index contributed by atoms with van der Waals surface area (Å²) >= 11 is 0. The molecule has 1 rings (SSSR count). The fraction of sp³-hybridized carbons (Fsp3) is 0.500. The number of nitrogens with one attached hydrogen (secondary N) is 1. The highest BCUT2D eigenvalue weighted by Gasteiger charge is 2.27.